The number of aromatic amines is 2. The van der Waals surface area contributed by atoms with Gasteiger partial charge in [0.15, 0.2) is 0 Å². The standard InChI is InChI=1S/C6H11N3O/c1-7-3-2-5-4-8-9-6(5)10/h4,7H,2-3H2,1H3,(H2,8,9,10). The number of rotatable bonds is 3. The SMILES string of the molecule is CNCCc1c[nH][nH]c1=O. The van der Waals surface area contributed by atoms with E-state index in [1.54, 1.807) is 6.20 Å². The fourth-order valence-corrected chi connectivity index (χ4v) is 0.780. The van der Waals surface area contributed by atoms with Crippen LogP contribution in [-0.2, 0) is 6.42 Å². The molecule has 56 valence electrons. The van der Waals surface area contributed by atoms with E-state index in [0.717, 1.165) is 18.5 Å². The second-order valence-corrected chi connectivity index (χ2v) is 2.12. The normalized spacial score (nSPS) is 10.1. The van der Waals surface area contributed by atoms with E-state index in [2.05, 4.69) is 15.5 Å². The first-order chi connectivity index (χ1) is 4.84. The van der Waals surface area contributed by atoms with Gasteiger partial charge in [0.05, 0.1) is 0 Å². The molecule has 10 heavy (non-hydrogen) atoms. The molecule has 0 saturated heterocycles. The molecule has 0 aliphatic carbocycles. The van der Waals surface area contributed by atoms with E-state index in [4.69, 9.17) is 0 Å². The van der Waals surface area contributed by atoms with Crippen molar-refractivity contribution in [2.45, 2.75) is 6.42 Å². The molecule has 4 nitrogen and oxygen atoms in total. The molecule has 0 atom stereocenters. The van der Waals surface area contributed by atoms with Gasteiger partial charge in [-0.1, -0.05) is 0 Å². The van der Waals surface area contributed by atoms with Gasteiger partial charge >= 0.3 is 0 Å². The van der Waals surface area contributed by atoms with Crippen LogP contribution in [0.4, 0.5) is 0 Å². The van der Waals surface area contributed by atoms with Crippen molar-refractivity contribution in [1.29, 1.82) is 0 Å². The summed E-state index contributed by atoms with van der Waals surface area (Å²) in [4.78, 5) is 10.8. The molecule has 3 N–H and O–H groups in total. The highest BCUT2D eigenvalue weighted by atomic mass is 16.1. The highest BCUT2D eigenvalue weighted by molar-refractivity contribution is 5.03. The molecule has 0 aromatic carbocycles. The Labute approximate surface area is 58.6 Å². The van der Waals surface area contributed by atoms with E-state index in [0.29, 0.717) is 0 Å². The lowest BCUT2D eigenvalue weighted by Gasteiger charge is -1.91. The summed E-state index contributed by atoms with van der Waals surface area (Å²) < 4.78 is 0. The van der Waals surface area contributed by atoms with Crippen LogP contribution in [0, 0.1) is 0 Å². The average Bonchev–Trinajstić information content (AvgIpc) is 2.31. The highest BCUT2D eigenvalue weighted by Gasteiger charge is 1.96. The Morgan fingerprint density at radius 1 is 1.70 bits per heavy atom. The zero-order valence-electron chi connectivity index (χ0n) is 5.90. The Hall–Kier alpha value is -1.03. The number of hydrogen-bond acceptors (Lipinski definition) is 2. The molecule has 0 saturated carbocycles. The summed E-state index contributed by atoms with van der Waals surface area (Å²) in [6, 6.07) is 0. The van der Waals surface area contributed by atoms with E-state index in [1.165, 1.54) is 0 Å². The van der Waals surface area contributed by atoms with E-state index >= 15 is 0 Å². The van der Waals surface area contributed by atoms with Crippen LogP contribution < -0.4 is 10.9 Å². The third kappa shape index (κ3) is 1.48. The van der Waals surface area contributed by atoms with Crippen LogP contribution in [0.1, 0.15) is 5.56 Å². The maximum absolute atomic E-state index is 10.8. The molecule has 0 spiro atoms. The molecule has 0 fully saturated rings. The molecule has 0 aliphatic rings. The molecular formula is C6H11N3O. The van der Waals surface area contributed by atoms with Crippen LogP contribution in [-0.4, -0.2) is 23.8 Å². The van der Waals surface area contributed by atoms with Crippen LogP contribution in [0.15, 0.2) is 11.0 Å². The van der Waals surface area contributed by atoms with Gasteiger partial charge in [-0.25, -0.2) is 0 Å². The Morgan fingerprint density at radius 2 is 2.50 bits per heavy atom. The van der Waals surface area contributed by atoms with Crippen LogP contribution in [0.25, 0.3) is 0 Å². The monoisotopic (exact) mass is 141 g/mol. The zero-order chi connectivity index (χ0) is 7.40. The average molecular weight is 141 g/mol. The molecule has 0 amide bonds. The predicted molar refractivity (Wildman–Crippen MR) is 39.0 cm³/mol. The maximum Gasteiger partial charge on any atom is 0.267 e. The van der Waals surface area contributed by atoms with E-state index in [-0.39, 0.29) is 5.56 Å². The van der Waals surface area contributed by atoms with Crippen molar-refractivity contribution in [1.82, 2.24) is 15.5 Å². The Kier molecular flexibility index (Phi) is 2.28. The fraction of sp³-hybridized carbons (Fsp3) is 0.500. The molecule has 1 heterocycles. The lowest BCUT2D eigenvalue weighted by atomic mass is 10.2. The van der Waals surface area contributed by atoms with Crippen molar-refractivity contribution >= 4 is 0 Å². The minimum atomic E-state index is -0.0183. The van der Waals surface area contributed by atoms with E-state index in [9.17, 15) is 4.79 Å². The number of likely N-dealkylation sites (N-methyl/N-ethyl adjacent to an activating group) is 1. The number of H-pyrrole nitrogens is 2. The van der Waals surface area contributed by atoms with Crippen LogP contribution in [0.2, 0.25) is 0 Å². The van der Waals surface area contributed by atoms with Crippen molar-refractivity contribution < 1.29 is 0 Å². The summed E-state index contributed by atoms with van der Waals surface area (Å²) in [6.07, 6.45) is 2.47. The second kappa shape index (κ2) is 3.22. The molecule has 0 aliphatic heterocycles. The summed E-state index contributed by atoms with van der Waals surface area (Å²) in [7, 11) is 1.86. The predicted octanol–water partition coefficient (Wildman–Crippen LogP) is -0.535. The van der Waals surface area contributed by atoms with Gasteiger partial charge in [0, 0.05) is 11.8 Å². The fourth-order valence-electron chi connectivity index (χ4n) is 0.780. The van der Waals surface area contributed by atoms with Gasteiger partial charge in [0.1, 0.15) is 0 Å². The van der Waals surface area contributed by atoms with Crippen molar-refractivity contribution in [3.05, 3.63) is 22.1 Å². The molecule has 1 aromatic heterocycles. The van der Waals surface area contributed by atoms with E-state index < -0.39 is 0 Å². The van der Waals surface area contributed by atoms with Gasteiger partial charge in [-0.15, -0.1) is 0 Å². The maximum atomic E-state index is 10.8. The molecular weight excluding hydrogens is 130 g/mol. The first-order valence-corrected chi connectivity index (χ1v) is 3.24. The van der Waals surface area contributed by atoms with Gasteiger partial charge in [-0.05, 0) is 20.0 Å². The van der Waals surface area contributed by atoms with Crippen LogP contribution >= 0.6 is 0 Å². The quantitative estimate of drug-likeness (QED) is 0.529. The van der Waals surface area contributed by atoms with E-state index in [1.807, 2.05) is 7.05 Å². The number of aromatic nitrogens is 2. The summed E-state index contributed by atoms with van der Waals surface area (Å²) >= 11 is 0. The minimum Gasteiger partial charge on any atom is -0.319 e. The minimum absolute atomic E-state index is 0.0183. The lowest BCUT2D eigenvalue weighted by molar-refractivity contribution is 0.789. The molecule has 0 radical (unpaired) electrons. The second-order valence-electron chi connectivity index (χ2n) is 2.12. The largest absolute Gasteiger partial charge is 0.319 e. The van der Waals surface area contributed by atoms with Gasteiger partial charge < -0.3 is 10.4 Å². The van der Waals surface area contributed by atoms with Crippen molar-refractivity contribution in [2.24, 2.45) is 0 Å². The summed E-state index contributed by atoms with van der Waals surface area (Å²) in [5.74, 6) is 0. The first kappa shape index (κ1) is 7.08. The highest BCUT2D eigenvalue weighted by Crippen LogP contribution is 1.85. The molecule has 0 bridgehead atoms. The molecule has 1 rings (SSSR count). The zero-order valence-corrected chi connectivity index (χ0v) is 5.90. The number of nitrogens with one attached hydrogen (secondary N) is 3. The molecule has 1 aromatic rings. The van der Waals surface area contributed by atoms with Gasteiger partial charge in [0.25, 0.3) is 5.56 Å². The van der Waals surface area contributed by atoms with Gasteiger partial charge in [-0.2, -0.15) is 0 Å². The third-order valence-corrected chi connectivity index (χ3v) is 1.37. The van der Waals surface area contributed by atoms with Crippen LogP contribution in [0.3, 0.4) is 0 Å². The lowest BCUT2D eigenvalue weighted by Crippen LogP contribution is -2.14. The smallest absolute Gasteiger partial charge is 0.267 e. The molecule has 4 heteroatoms. The van der Waals surface area contributed by atoms with Gasteiger partial charge in [-0.3, -0.25) is 9.89 Å². The van der Waals surface area contributed by atoms with Crippen molar-refractivity contribution in [2.75, 3.05) is 13.6 Å². The number of hydrogen-bond donors (Lipinski definition) is 3. The Morgan fingerprint density at radius 3 is 3.00 bits per heavy atom. The van der Waals surface area contributed by atoms with Crippen LogP contribution in [0.5, 0.6) is 0 Å². The first-order valence-electron chi connectivity index (χ1n) is 3.24. The Bertz CT molecular complexity index is 237. The summed E-state index contributed by atoms with van der Waals surface area (Å²) in [5.41, 5.74) is 0.782. The Balaban J connectivity index is 2.57. The van der Waals surface area contributed by atoms with Gasteiger partial charge in [0.2, 0.25) is 0 Å². The van der Waals surface area contributed by atoms with Crippen molar-refractivity contribution in [3.63, 3.8) is 0 Å². The third-order valence-electron chi connectivity index (χ3n) is 1.37. The topological polar surface area (TPSA) is 60.7 Å². The van der Waals surface area contributed by atoms with Crippen molar-refractivity contribution in [3.8, 4) is 0 Å². The summed E-state index contributed by atoms with van der Waals surface area (Å²) in [6.45, 7) is 0.834. The molecule has 0 unspecified atom stereocenters. The summed E-state index contributed by atoms with van der Waals surface area (Å²) in [5, 5.41) is 8.08.